The number of anilines is 4. The largest absolute Gasteiger partial charge is 0.340 e. The van der Waals surface area contributed by atoms with Crippen molar-refractivity contribution in [3.05, 3.63) is 72.3 Å². The third-order valence-corrected chi connectivity index (χ3v) is 3.07. The first kappa shape index (κ1) is 14.0. The van der Waals surface area contributed by atoms with Crippen LogP contribution in [0.5, 0.6) is 0 Å². The van der Waals surface area contributed by atoms with Crippen LogP contribution in [0.15, 0.2) is 60.9 Å². The van der Waals surface area contributed by atoms with E-state index in [2.05, 4.69) is 20.6 Å². The van der Waals surface area contributed by atoms with Crippen molar-refractivity contribution in [3.8, 4) is 0 Å². The summed E-state index contributed by atoms with van der Waals surface area (Å²) in [6.07, 6.45) is 1.48. The summed E-state index contributed by atoms with van der Waals surface area (Å²) >= 11 is 0. The van der Waals surface area contributed by atoms with Gasteiger partial charge in [0.05, 0.1) is 0 Å². The van der Waals surface area contributed by atoms with Gasteiger partial charge < -0.3 is 10.6 Å². The highest BCUT2D eigenvalue weighted by Crippen LogP contribution is 2.19. The van der Waals surface area contributed by atoms with E-state index >= 15 is 0 Å². The number of aryl methyl sites for hydroxylation is 1. The minimum absolute atomic E-state index is 0.268. The number of nitrogens with one attached hydrogen (secondary N) is 2. The second-order valence-electron chi connectivity index (χ2n) is 4.91. The molecular weight excluding hydrogens is 279 g/mol. The lowest BCUT2D eigenvalue weighted by molar-refractivity contribution is 0.628. The van der Waals surface area contributed by atoms with E-state index in [9.17, 15) is 4.39 Å². The van der Waals surface area contributed by atoms with Gasteiger partial charge in [0.2, 0.25) is 0 Å². The maximum atomic E-state index is 12.9. The van der Waals surface area contributed by atoms with E-state index < -0.39 is 0 Å². The molecule has 2 N–H and O–H groups in total. The average molecular weight is 294 g/mol. The Morgan fingerprint density at radius 2 is 1.50 bits per heavy atom. The molecule has 0 amide bonds. The summed E-state index contributed by atoms with van der Waals surface area (Å²) in [6.45, 7) is 2.03. The number of halogens is 1. The molecule has 3 aromatic rings. The van der Waals surface area contributed by atoms with Crippen LogP contribution in [0.1, 0.15) is 5.56 Å². The van der Waals surface area contributed by atoms with Crippen molar-refractivity contribution < 1.29 is 4.39 Å². The molecule has 1 aromatic heterocycles. The number of benzene rings is 2. The van der Waals surface area contributed by atoms with Crippen molar-refractivity contribution >= 4 is 23.0 Å². The van der Waals surface area contributed by atoms with Gasteiger partial charge in [-0.1, -0.05) is 12.1 Å². The minimum atomic E-state index is -0.268. The summed E-state index contributed by atoms with van der Waals surface area (Å²) in [5, 5.41) is 6.34. The fourth-order valence-electron chi connectivity index (χ4n) is 2.05. The molecule has 0 aliphatic carbocycles. The lowest BCUT2D eigenvalue weighted by atomic mass is 10.2. The number of hydrogen-bond donors (Lipinski definition) is 2. The summed E-state index contributed by atoms with van der Waals surface area (Å²) in [7, 11) is 0. The van der Waals surface area contributed by atoms with Crippen molar-refractivity contribution in [2.75, 3.05) is 10.6 Å². The highest BCUT2D eigenvalue weighted by Gasteiger charge is 2.01. The van der Waals surface area contributed by atoms with Gasteiger partial charge in [-0.25, -0.2) is 14.4 Å². The zero-order chi connectivity index (χ0) is 15.4. The monoisotopic (exact) mass is 294 g/mol. The first-order valence-electron chi connectivity index (χ1n) is 6.87. The van der Waals surface area contributed by atoms with Crippen LogP contribution in [-0.2, 0) is 0 Å². The second kappa shape index (κ2) is 6.22. The second-order valence-corrected chi connectivity index (χ2v) is 4.91. The molecule has 22 heavy (non-hydrogen) atoms. The van der Waals surface area contributed by atoms with Crippen LogP contribution in [0.2, 0.25) is 0 Å². The van der Waals surface area contributed by atoms with Gasteiger partial charge in [-0.2, -0.15) is 0 Å². The maximum absolute atomic E-state index is 12.9. The summed E-state index contributed by atoms with van der Waals surface area (Å²) in [5.41, 5.74) is 2.90. The molecule has 0 spiro atoms. The molecule has 0 unspecified atom stereocenters. The Bertz CT molecular complexity index is 772. The first-order valence-corrected chi connectivity index (χ1v) is 6.87. The zero-order valence-electron chi connectivity index (χ0n) is 12.0. The molecule has 0 radical (unpaired) electrons. The molecule has 0 atom stereocenters. The minimum Gasteiger partial charge on any atom is -0.340 e. The molecule has 0 aliphatic rings. The molecule has 0 saturated carbocycles. The SMILES string of the molecule is Cc1cccc(Nc2cc(Nc3ccc(F)cc3)ncn2)c1. The molecule has 4 nitrogen and oxygen atoms in total. The van der Waals surface area contributed by atoms with Crippen LogP contribution in [0.3, 0.4) is 0 Å². The molecule has 0 bridgehead atoms. The van der Waals surface area contributed by atoms with Crippen LogP contribution in [0.4, 0.5) is 27.4 Å². The van der Waals surface area contributed by atoms with Gasteiger partial charge in [0.1, 0.15) is 23.8 Å². The van der Waals surface area contributed by atoms with Gasteiger partial charge in [-0.05, 0) is 48.9 Å². The lowest BCUT2D eigenvalue weighted by Crippen LogP contribution is -1.98. The summed E-state index contributed by atoms with van der Waals surface area (Å²) in [5.74, 6) is 1.05. The van der Waals surface area contributed by atoms with Gasteiger partial charge in [0, 0.05) is 17.4 Å². The number of nitrogens with zero attached hydrogens (tertiary/aromatic N) is 2. The van der Waals surface area contributed by atoms with Gasteiger partial charge >= 0.3 is 0 Å². The van der Waals surface area contributed by atoms with E-state index in [4.69, 9.17) is 0 Å². The van der Waals surface area contributed by atoms with Crippen molar-refractivity contribution in [3.63, 3.8) is 0 Å². The molecule has 110 valence electrons. The third-order valence-electron chi connectivity index (χ3n) is 3.07. The highest BCUT2D eigenvalue weighted by molar-refractivity contribution is 5.63. The Labute approximate surface area is 128 Å². The molecule has 1 heterocycles. The molecular formula is C17H15FN4. The fraction of sp³-hybridized carbons (Fsp3) is 0.0588. The maximum Gasteiger partial charge on any atom is 0.135 e. The molecule has 3 rings (SSSR count). The van der Waals surface area contributed by atoms with E-state index in [0.717, 1.165) is 11.4 Å². The van der Waals surface area contributed by atoms with E-state index in [-0.39, 0.29) is 5.82 Å². The zero-order valence-corrected chi connectivity index (χ0v) is 12.0. The Balaban J connectivity index is 1.76. The van der Waals surface area contributed by atoms with E-state index in [0.29, 0.717) is 11.6 Å². The van der Waals surface area contributed by atoms with Crippen LogP contribution >= 0.6 is 0 Å². The van der Waals surface area contributed by atoms with Crippen molar-refractivity contribution in [1.29, 1.82) is 0 Å². The Hall–Kier alpha value is -2.95. The molecule has 2 aromatic carbocycles. The number of hydrogen-bond acceptors (Lipinski definition) is 4. The van der Waals surface area contributed by atoms with Gasteiger partial charge in [0.25, 0.3) is 0 Å². The number of aromatic nitrogens is 2. The quantitative estimate of drug-likeness (QED) is 0.748. The fourth-order valence-corrected chi connectivity index (χ4v) is 2.05. The average Bonchev–Trinajstić information content (AvgIpc) is 2.50. The van der Waals surface area contributed by atoms with Crippen molar-refractivity contribution in [2.45, 2.75) is 6.92 Å². The summed E-state index contributed by atoms with van der Waals surface area (Å²) < 4.78 is 12.9. The molecule has 0 aliphatic heterocycles. The Morgan fingerprint density at radius 1 is 0.818 bits per heavy atom. The third kappa shape index (κ3) is 3.58. The smallest absolute Gasteiger partial charge is 0.135 e. The van der Waals surface area contributed by atoms with E-state index in [1.165, 1.54) is 24.0 Å². The van der Waals surface area contributed by atoms with Crippen LogP contribution in [0, 0.1) is 12.7 Å². The van der Waals surface area contributed by atoms with Crippen LogP contribution in [0.25, 0.3) is 0 Å². The first-order chi connectivity index (χ1) is 10.7. The Morgan fingerprint density at radius 3 is 2.18 bits per heavy atom. The topological polar surface area (TPSA) is 49.8 Å². The van der Waals surface area contributed by atoms with Crippen molar-refractivity contribution in [2.24, 2.45) is 0 Å². The lowest BCUT2D eigenvalue weighted by Gasteiger charge is -2.09. The van der Waals surface area contributed by atoms with Gasteiger partial charge in [-0.3, -0.25) is 0 Å². The predicted molar refractivity (Wildman–Crippen MR) is 86.2 cm³/mol. The highest BCUT2D eigenvalue weighted by atomic mass is 19.1. The molecule has 0 fully saturated rings. The standard InChI is InChI=1S/C17H15FN4/c1-12-3-2-4-15(9-12)22-17-10-16(19-11-20-17)21-14-7-5-13(18)6-8-14/h2-11H,1H3,(H2,19,20,21,22). The van der Waals surface area contributed by atoms with E-state index in [1.54, 1.807) is 18.2 Å². The molecule has 5 heteroatoms. The summed E-state index contributed by atoms with van der Waals surface area (Å²) in [4.78, 5) is 8.36. The number of rotatable bonds is 4. The predicted octanol–water partition coefficient (Wildman–Crippen LogP) is 4.41. The van der Waals surface area contributed by atoms with Crippen molar-refractivity contribution in [1.82, 2.24) is 9.97 Å². The summed E-state index contributed by atoms with van der Waals surface area (Å²) in [6, 6.07) is 15.9. The van der Waals surface area contributed by atoms with Crippen LogP contribution < -0.4 is 10.6 Å². The van der Waals surface area contributed by atoms with Gasteiger partial charge in [0.15, 0.2) is 0 Å². The Kier molecular flexibility index (Phi) is 3.96. The van der Waals surface area contributed by atoms with E-state index in [1.807, 2.05) is 31.2 Å². The molecule has 0 saturated heterocycles. The normalized spacial score (nSPS) is 10.3. The van der Waals surface area contributed by atoms with Gasteiger partial charge in [-0.15, -0.1) is 0 Å². The van der Waals surface area contributed by atoms with Crippen LogP contribution in [-0.4, -0.2) is 9.97 Å².